The lowest BCUT2D eigenvalue weighted by molar-refractivity contribution is 0.111. The highest BCUT2D eigenvalue weighted by atomic mass is 16.1. The van der Waals surface area contributed by atoms with Crippen molar-refractivity contribution in [3.05, 3.63) is 164 Å². The van der Waals surface area contributed by atoms with Crippen LogP contribution in [0.1, 0.15) is 63.7 Å². The first-order valence-corrected chi connectivity index (χ1v) is 17.0. The monoisotopic (exact) mass is 738 g/mol. The van der Waals surface area contributed by atoms with E-state index in [0.29, 0.717) is 34.6 Å². The van der Waals surface area contributed by atoms with Crippen molar-refractivity contribution in [2.24, 2.45) is 0 Å². The summed E-state index contributed by atoms with van der Waals surface area (Å²) in [5.74, 6) is 0. The summed E-state index contributed by atoms with van der Waals surface area (Å²) < 4.78 is 0. The van der Waals surface area contributed by atoms with E-state index < -0.39 is 0 Å². The van der Waals surface area contributed by atoms with E-state index in [9.17, 15) is 19.2 Å². The van der Waals surface area contributed by atoms with Crippen LogP contribution < -0.4 is 9.80 Å². The fourth-order valence-corrected chi connectivity index (χ4v) is 5.47. The third-order valence-corrected chi connectivity index (χ3v) is 8.61. The maximum absolute atomic E-state index is 10.8. The van der Waals surface area contributed by atoms with Crippen LogP contribution in [0.5, 0.6) is 0 Å². The van der Waals surface area contributed by atoms with E-state index in [-0.39, 0.29) is 22.4 Å². The van der Waals surface area contributed by atoms with Crippen molar-refractivity contribution >= 4 is 69.4 Å². The van der Waals surface area contributed by atoms with Crippen LogP contribution >= 0.6 is 0 Å². The molecule has 0 aromatic heterocycles. The third kappa shape index (κ3) is 10.1. The first kappa shape index (κ1) is 42.5. The molecule has 276 valence electrons. The van der Waals surface area contributed by atoms with Gasteiger partial charge in [0.15, 0.2) is 12.0 Å². The van der Waals surface area contributed by atoms with Crippen LogP contribution in [-0.2, 0) is 0 Å². The molecule has 6 rings (SSSR count). The molecule has 0 N–H and O–H groups in total. The van der Waals surface area contributed by atoms with Gasteiger partial charge >= 0.3 is 0 Å². The molecular weight excluding hydrogens is 701 g/mol. The molecule has 10 nitrogen and oxygen atoms in total. The molecular formula is C46H38N6O4. The third-order valence-electron chi connectivity index (χ3n) is 8.61. The van der Waals surface area contributed by atoms with Crippen molar-refractivity contribution in [3.63, 3.8) is 0 Å². The van der Waals surface area contributed by atoms with Crippen molar-refractivity contribution in [3.8, 4) is 12.1 Å². The summed E-state index contributed by atoms with van der Waals surface area (Å²) in [6.45, 7) is 18.1. The summed E-state index contributed by atoms with van der Waals surface area (Å²) in [4.78, 5) is 53.1. The Morgan fingerprint density at radius 3 is 1.30 bits per heavy atom. The second-order valence-corrected chi connectivity index (χ2v) is 12.6. The number of hydrogen-bond donors (Lipinski definition) is 0. The van der Waals surface area contributed by atoms with Crippen LogP contribution in [0.2, 0.25) is 0 Å². The smallest absolute Gasteiger partial charge is 0.205 e. The van der Waals surface area contributed by atoms with E-state index in [0.717, 1.165) is 57.0 Å². The molecule has 6 aromatic carbocycles. The van der Waals surface area contributed by atoms with Crippen molar-refractivity contribution in [2.45, 2.75) is 13.8 Å². The fourth-order valence-electron chi connectivity index (χ4n) is 5.47. The molecule has 0 heterocycles. The Bertz CT molecular complexity index is 2390. The van der Waals surface area contributed by atoms with Gasteiger partial charge in [-0.15, -0.1) is 0 Å². The van der Waals surface area contributed by atoms with E-state index in [1.165, 1.54) is 12.1 Å². The van der Waals surface area contributed by atoms with Gasteiger partial charge in [0.05, 0.1) is 30.3 Å². The van der Waals surface area contributed by atoms with Gasteiger partial charge in [-0.2, -0.15) is 10.5 Å². The van der Waals surface area contributed by atoms with Gasteiger partial charge in [-0.1, -0.05) is 48.5 Å². The molecule has 56 heavy (non-hydrogen) atoms. The minimum Gasteiger partial charge on any atom is -0.378 e. The molecule has 0 fully saturated rings. The van der Waals surface area contributed by atoms with Crippen molar-refractivity contribution in [1.29, 1.82) is 10.5 Å². The molecule has 0 unspecified atom stereocenters. The molecule has 10 heteroatoms. The normalized spacial score (nSPS) is 9.46. The Morgan fingerprint density at radius 2 is 0.875 bits per heavy atom. The van der Waals surface area contributed by atoms with Crippen LogP contribution in [0, 0.1) is 49.7 Å². The van der Waals surface area contributed by atoms with Crippen molar-refractivity contribution in [1.82, 2.24) is 0 Å². The first-order valence-electron chi connectivity index (χ1n) is 17.0. The highest BCUT2D eigenvalue weighted by Crippen LogP contribution is 2.33. The lowest BCUT2D eigenvalue weighted by Gasteiger charge is -2.11. The quantitative estimate of drug-likeness (QED) is 0.122. The summed E-state index contributed by atoms with van der Waals surface area (Å²) in [7, 11) is 7.87. The van der Waals surface area contributed by atoms with Gasteiger partial charge < -0.3 is 9.80 Å². The molecule has 0 spiro atoms. The zero-order valence-electron chi connectivity index (χ0n) is 31.9. The molecule has 0 aliphatic rings. The first-order chi connectivity index (χ1) is 26.9. The van der Waals surface area contributed by atoms with Crippen LogP contribution in [0.3, 0.4) is 0 Å². The zero-order valence-corrected chi connectivity index (χ0v) is 31.9. The number of aryl methyl sites for hydroxylation is 2. The Hall–Kier alpha value is -7.92. The average molecular weight is 739 g/mol. The van der Waals surface area contributed by atoms with Crippen molar-refractivity contribution in [2.75, 3.05) is 38.0 Å². The molecule has 0 aliphatic carbocycles. The van der Waals surface area contributed by atoms with Gasteiger partial charge in [0.25, 0.3) is 0 Å². The predicted molar refractivity (Wildman–Crippen MR) is 222 cm³/mol. The lowest BCUT2D eigenvalue weighted by Crippen LogP contribution is -2.08. The number of fused-ring (bicyclic) bond motifs is 2. The molecule has 0 radical (unpaired) electrons. The van der Waals surface area contributed by atoms with Gasteiger partial charge in [0.2, 0.25) is 5.69 Å². The number of carbonyl (C=O) groups excluding carboxylic acids is 4. The number of rotatable bonds is 6. The molecule has 0 bridgehead atoms. The van der Waals surface area contributed by atoms with Gasteiger partial charge in [0, 0.05) is 61.8 Å². The van der Waals surface area contributed by atoms with E-state index in [1.807, 2.05) is 131 Å². The predicted octanol–water partition coefficient (Wildman–Crippen LogP) is 9.90. The fraction of sp³-hybridized carbons (Fsp3) is 0.130. The zero-order chi connectivity index (χ0) is 41.4. The Kier molecular flexibility index (Phi) is 15.4. The highest BCUT2D eigenvalue weighted by Gasteiger charge is 2.13. The van der Waals surface area contributed by atoms with Crippen LogP contribution in [0.25, 0.3) is 31.2 Å². The van der Waals surface area contributed by atoms with Crippen LogP contribution in [0.4, 0.5) is 22.7 Å². The highest BCUT2D eigenvalue weighted by molar-refractivity contribution is 6.06. The Balaban J connectivity index is 0.000000205. The van der Waals surface area contributed by atoms with E-state index in [1.54, 1.807) is 12.1 Å². The minimum absolute atomic E-state index is 0.205. The van der Waals surface area contributed by atoms with E-state index >= 15 is 0 Å². The number of benzene rings is 6. The summed E-state index contributed by atoms with van der Waals surface area (Å²) in [5, 5.41) is 21.0. The minimum atomic E-state index is 0.205. The standard InChI is InChI=1S/C14H6N2O2.C14H10N2.2C9H11NO/c1-16-14-10(8-18)3-4-11-12(14)5-2-9(7-17)13(11)6-15;1-9-4-7-12-11(13(9)8-15)6-5-10(2)14(12)16-3;2*1-10(2)9-5-3-8(7-11)4-6-9/h2-5,7-8H;4-7H,1-2H3;2*3-7H,1-2H3. The van der Waals surface area contributed by atoms with E-state index in [4.69, 9.17) is 23.7 Å². The Morgan fingerprint density at radius 1 is 0.482 bits per heavy atom. The summed E-state index contributed by atoms with van der Waals surface area (Å²) in [6, 6.07) is 32.8. The maximum Gasteiger partial charge on any atom is 0.205 e. The van der Waals surface area contributed by atoms with Crippen molar-refractivity contribution < 1.29 is 19.2 Å². The molecule has 6 aromatic rings. The summed E-state index contributed by atoms with van der Waals surface area (Å²) in [6.07, 6.45) is 2.90. The van der Waals surface area contributed by atoms with Crippen LogP contribution in [0.15, 0.2) is 97.1 Å². The number of hydrogen-bond acceptors (Lipinski definition) is 8. The molecule has 0 aliphatic heterocycles. The topological polar surface area (TPSA) is 131 Å². The number of nitriles is 2. The van der Waals surface area contributed by atoms with Crippen LogP contribution in [-0.4, -0.2) is 53.3 Å². The van der Waals surface area contributed by atoms with Gasteiger partial charge in [-0.05, 0) is 95.1 Å². The average Bonchev–Trinajstić information content (AvgIpc) is 3.23. The molecule has 0 saturated heterocycles. The summed E-state index contributed by atoms with van der Waals surface area (Å²) in [5.41, 5.74) is 7.86. The SMILES string of the molecule is CN(C)c1ccc(C=O)cc1.CN(C)c1ccc(C=O)cc1.[C-]#[N+]c1c(C)ccc2c(C#N)c(C)ccc12.[C-]#[N+]c1c(C=O)ccc2c(C#N)c(C=O)ccc12. The largest absolute Gasteiger partial charge is 0.378 e. The second kappa shape index (κ2) is 20.4. The number of carbonyl (C=O) groups is 4. The molecule has 0 atom stereocenters. The molecule has 0 saturated carbocycles. The maximum atomic E-state index is 10.8. The lowest BCUT2D eigenvalue weighted by atomic mass is 9.97. The Labute approximate surface area is 326 Å². The number of anilines is 2. The van der Waals surface area contributed by atoms with Gasteiger partial charge in [-0.3, -0.25) is 19.2 Å². The van der Waals surface area contributed by atoms with Gasteiger partial charge in [-0.25, -0.2) is 9.69 Å². The second-order valence-electron chi connectivity index (χ2n) is 12.6. The molecule has 0 amide bonds. The number of nitrogens with zero attached hydrogens (tertiary/aromatic N) is 6. The summed E-state index contributed by atoms with van der Waals surface area (Å²) >= 11 is 0. The number of aldehydes is 4. The van der Waals surface area contributed by atoms with E-state index in [2.05, 4.69) is 15.8 Å². The van der Waals surface area contributed by atoms with Gasteiger partial charge in [0.1, 0.15) is 24.9 Å².